The molecule has 138 valence electrons. The predicted molar refractivity (Wildman–Crippen MR) is 98.8 cm³/mol. The van der Waals surface area contributed by atoms with Gasteiger partial charge in [0, 0.05) is 6.04 Å². The Morgan fingerprint density at radius 2 is 2.00 bits per heavy atom. The van der Waals surface area contributed by atoms with Crippen LogP contribution in [0.4, 0.5) is 0 Å². The molecule has 1 aromatic rings. The summed E-state index contributed by atoms with van der Waals surface area (Å²) in [5.74, 6) is 0.103. The number of hydrazine groups is 1. The van der Waals surface area contributed by atoms with Crippen LogP contribution in [0.2, 0.25) is 0 Å². The number of amides is 1. The SMILES string of the molecule is CCCC1CC(C(=O)N[C@H]2CCCC[C@@H]2OCc2ccccc2)NN1. The normalized spacial score (nSPS) is 29.5. The van der Waals surface area contributed by atoms with Crippen LogP contribution in [0.5, 0.6) is 0 Å². The largest absolute Gasteiger partial charge is 0.371 e. The van der Waals surface area contributed by atoms with Crippen LogP contribution >= 0.6 is 0 Å². The average molecular weight is 345 g/mol. The quantitative estimate of drug-likeness (QED) is 0.711. The number of nitrogens with one attached hydrogen (secondary N) is 3. The topological polar surface area (TPSA) is 62.4 Å². The number of rotatable bonds is 7. The fourth-order valence-corrected chi connectivity index (χ4v) is 3.85. The first-order chi connectivity index (χ1) is 12.3. The summed E-state index contributed by atoms with van der Waals surface area (Å²) in [6.07, 6.45) is 7.56. The third-order valence-electron chi connectivity index (χ3n) is 5.27. The van der Waals surface area contributed by atoms with E-state index in [0.717, 1.165) is 38.5 Å². The van der Waals surface area contributed by atoms with E-state index in [9.17, 15) is 4.79 Å². The third kappa shape index (κ3) is 5.27. The molecule has 3 rings (SSSR count). The van der Waals surface area contributed by atoms with Gasteiger partial charge in [-0.1, -0.05) is 56.5 Å². The highest BCUT2D eigenvalue weighted by Crippen LogP contribution is 2.23. The summed E-state index contributed by atoms with van der Waals surface area (Å²) >= 11 is 0. The Balaban J connectivity index is 1.50. The summed E-state index contributed by atoms with van der Waals surface area (Å²) in [5, 5.41) is 3.24. The van der Waals surface area contributed by atoms with E-state index in [1.165, 1.54) is 12.0 Å². The maximum atomic E-state index is 12.6. The molecule has 1 amide bonds. The summed E-state index contributed by atoms with van der Waals surface area (Å²) in [5.41, 5.74) is 7.57. The van der Waals surface area contributed by atoms with E-state index in [0.29, 0.717) is 12.6 Å². The monoisotopic (exact) mass is 345 g/mol. The van der Waals surface area contributed by atoms with E-state index in [2.05, 4.69) is 35.2 Å². The molecule has 1 aromatic carbocycles. The lowest BCUT2D eigenvalue weighted by Crippen LogP contribution is -2.52. The van der Waals surface area contributed by atoms with Crippen molar-refractivity contribution in [3.63, 3.8) is 0 Å². The zero-order valence-electron chi connectivity index (χ0n) is 15.2. The molecule has 0 radical (unpaired) electrons. The number of hydrogen-bond acceptors (Lipinski definition) is 4. The highest BCUT2D eigenvalue weighted by molar-refractivity contribution is 5.82. The molecule has 1 aliphatic heterocycles. The second-order valence-electron chi connectivity index (χ2n) is 7.30. The molecule has 1 aliphatic carbocycles. The minimum absolute atomic E-state index is 0.103. The van der Waals surface area contributed by atoms with E-state index in [1.54, 1.807) is 0 Å². The number of carbonyl (C=O) groups excluding carboxylic acids is 1. The molecule has 2 unspecified atom stereocenters. The van der Waals surface area contributed by atoms with Gasteiger partial charge in [0.1, 0.15) is 6.04 Å². The number of benzene rings is 1. The fourth-order valence-electron chi connectivity index (χ4n) is 3.85. The van der Waals surface area contributed by atoms with Crippen LogP contribution in [0.1, 0.15) is 57.4 Å². The lowest BCUT2D eigenvalue weighted by molar-refractivity contribution is -0.125. The summed E-state index contributed by atoms with van der Waals surface area (Å²) in [6, 6.07) is 10.6. The van der Waals surface area contributed by atoms with E-state index >= 15 is 0 Å². The maximum absolute atomic E-state index is 12.6. The first-order valence-corrected chi connectivity index (χ1v) is 9.73. The van der Waals surface area contributed by atoms with Crippen molar-refractivity contribution in [2.24, 2.45) is 0 Å². The first-order valence-electron chi connectivity index (χ1n) is 9.73. The van der Waals surface area contributed by atoms with Crippen molar-refractivity contribution >= 4 is 5.91 Å². The smallest absolute Gasteiger partial charge is 0.238 e. The van der Waals surface area contributed by atoms with Gasteiger partial charge in [-0.05, 0) is 31.2 Å². The zero-order chi connectivity index (χ0) is 17.5. The molecule has 25 heavy (non-hydrogen) atoms. The van der Waals surface area contributed by atoms with Crippen LogP contribution in [0, 0.1) is 0 Å². The van der Waals surface area contributed by atoms with Crippen molar-refractivity contribution in [3.8, 4) is 0 Å². The number of hydrogen-bond donors (Lipinski definition) is 3. The third-order valence-corrected chi connectivity index (χ3v) is 5.27. The molecule has 1 saturated heterocycles. The van der Waals surface area contributed by atoms with Gasteiger partial charge in [-0.25, -0.2) is 5.43 Å². The molecule has 0 aromatic heterocycles. The zero-order valence-corrected chi connectivity index (χ0v) is 15.2. The minimum atomic E-state index is -0.131. The Hall–Kier alpha value is -1.43. The fraction of sp³-hybridized carbons (Fsp3) is 0.650. The van der Waals surface area contributed by atoms with Crippen molar-refractivity contribution < 1.29 is 9.53 Å². The van der Waals surface area contributed by atoms with Gasteiger partial charge >= 0.3 is 0 Å². The van der Waals surface area contributed by atoms with Crippen LogP contribution in [0.15, 0.2) is 30.3 Å². The summed E-state index contributed by atoms with van der Waals surface area (Å²) in [7, 11) is 0. The van der Waals surface area contributed by atoms with Gasteiger partial charge in [-0.15, -0.1) is 0 Å². The van der Waals surface area contributed by atoms with Crippen molar-refractivity contribution in [1.29, 1.82) is 0 Å². The standard InChI is InChI=1S/C20H31N3O2/c1-2-8-16-13-18(23-22-16)20(24)21-17-11-6-7-12-19(17)25-14-15-9-4-3-5-10-15/h3-5,9-10,16-19,22-23H,2,6-8,11-14H2,1H3,(H,21,24)/t16?,17-,18?,19-/m0/s1. The van der Waals surface area contributed by atoms with Gasteiger partial charge in [-0.2, -0.15) is 0 Å². The molecule has 1 saturated carbocycles. The molecule has 5 nitrogen and oxygen atoms in total. The Labute approximate surface area is 150 Å². The van der Waals surface area contributed by atoms with Crippen LogP contribution < -0.4 is 16.2 Å². The van der Waals surface area contributed by atoms with Crippen LogP contribution in [0.25, 0.3) is 0 Å². The Bertz CT molecular complexity index is 537. The van der Waals surface area contributed by atoms with Crippen molar-refractivity contribution in [2.45, 2.75) is 82.7 Å². The van der Waals surface area contributed by atoms with E-state index in [4.69, 9.17) is 4.74 Å². The molecule has 1 heterocycles. The average Bonchev–Trinajstić information content (AvgIpc) is 3.11. The van der Waals surface area contributed by atoms with Crippen LogP contribution in [-0.2, 0) is 16.1 Å². The molecule has 4 atom stereocenters. The van der Waals surface area contributed by atoms with Gasteiger partial charge < -0.3 is 10.1 Å². The molecule has 0 spiro atoms. The lowest BCUT2D eigenvalue weighted by atomic mass is 9.92. The Morgan fingerprint density at radius 3 is 2.80 bits per heavy atom. The Kier molecular flexibility index (Phi) is 6.84. The summed E-state index contributed by atoms with van der Waals surface area (Å²) in [6.45, 7) is 2.78. The van der Waals surface area contributed by atoms with Crippen molar-refractivity contribution in [1.82, 2.24) is 16.2 Å². The van der Waals surface area contributed by atoms with E-state index in [1.807, 2.05) is 18.2 Å². The van der Waals surface area contributed by atoms with Gasteiger partial charge in [0.25, 0.3) is 0 Å². The van der Waals surface area contributed by atoms with Gasteiger partial charge in [0.15, 0.2) is 0 Å². The lowest BCUT2D eigenvalue weighted by Gasteiger charge is -2.32. The Morgan fingerprint density at radius 1 is 1.20 bits per heavy atom. The second-order valence-corrected chi connectivity index (χ2v) is 7.30. The highest BCUT2D eigenvalue weighted by atomic mass is 16.5. The van der Waals surface area contributed by atoms with E-state index in [-0.39, 0.29) is 24.1 Å². The summed E-state index contributed by atoms with van der Waals surface area (Å²) in [4.78, 5) is 12.6. The molecular weight excluding hydrogens is 314 g/mol. The summed E-state index contributed by atoms with van der Waals surface area (Å²) < 4.78 is 6.15. The number of carbonyl (C=O) groups is 1. The predicted octanol–water partition coefficient (Wildman–Crippen LogP) is 2.67. The first kappa shape index (κ1) is 18.4. The molecule has 5 heteroatoms. The van der Waals surface area contributed by atoms with Gasteiger partial charge in [-0.3, -0.25) is 10.2 Å². The molecule has 0 bridgehead atoms. The van der Waals surface area contributed by atoms with Gasteiger partial charge in [0.2, 0.25) is 5.91 Å². The molecular formula is C20H31N3O2. The molecule has 2 fully saturated rings. The van der Waals surface area contributed by atoms with Gasteiger partial charge in [0.05, 0.1) is 18.8 Å². The van der Waals surface area contributed by atoms with Crippen molar-refractivity contribution in [3.05, 3.63) is 35.9 Å². The minimum Gasteiger partial charge on any atom is -0.371 e. The van der Waals surface area contributed by atoms with Crippen molar-refractivity contribution in [2.75, 3.05) is 0 Å². The highest BCUT2D eigenvalue weighted by Gasteiger charge is 2.33. The molecule has 3 N–H and O–H groups in total. The van der Waals surface area contributed by atoms with E-state index < -0.39 is 0 Å². The number of ether oxygens (including phenoxy) is 1. The maximum Gasteiger partial charge on any atom is 0.238 e. The van der Waals surface area contributed by atoms with Crippen LogP contribution in [-0.4, -0.2) is 30.1 Å². The van der Waals surface area contributed by atoms with Crippen LogP contribution in [0.3, 0.4) is 0 Å². The second kappa shape index (κ2) is 9.32. The molecule has 2 aliphatic rings.